The van der Waals surface area contributed by atoms with Crippen molar-refractivity contribution in [3.05, 3.63) is 72.1 Å². The molecule has 28 heavy (non-hydrogen) atoms. The van der Waals surface area contributed by atoms with E-state index in [9.17, 15) is 9.18 Å². The summed E-state index contributed by atoms with van der Waals surface area (Å²) in [4.78, 5) is 29.2. The van der Waals surface area contributed by atoms with Gasteiger partial charge in [0.1, 0.15) is 5.82 Å². The van der Waals surface area contributed by atoms with E-state index in [0.29, 0.717) is 12.5 Å². The lowest BCUT2D eigenvalue weighted by Gasteiger charge is -2.20. The normalized spacial score (nSPS) is 10.6. The van der Waals surface area contributed by atoms with Crippen molar-refractivity contribution in [1.82, 2.24) is 19.9 Å². The Bertz CT molecular complexity index is 945. The molecular weight excluding hydrogens is 357 g/mol. The highest BCUT2D eigenvalue weighted by Gasteiger charge is 2.16. The van der Waals surface area contributed by atoms with Gasteiger partial charge in [0.25, 0.3) is 0 Å². The van der Waals surface area contributed by atoms with Crippen molar-refractivity contribution in [1.29, 1.82) is 0 Å². The van der Waals surface area contributed by atoms with Gasteiger partial charge >= 0.3 is 0 Å². The van der Waals surface area contributed by atoms with Crippen LogP contribution in [0.1, 0.15) is 11.3 Å². The van der Waals surface area contributed by atoms with E-state index in [-0.39, 0.29) is 18.1 Å². The van der Waals surface area contributed by atoms with Crippen molar-refractivity contribution in [3.8, 4) is 11.1 Å². The van der Waals surface area contributed by atoms with Crippen LogP contribution in [0.2, 0.25) is 0 Å². The number of hydrogen-bond donors (Lipinski definition) is 0. The number of benzene rings is 1. The third-order valence-corrected chi connectivity index (χ3v) is 4.33. The van der Waals surface area contributed by atoms with E-state index in [2.05, 4.69) is 15.0 Å². The zero-order chi connectivity index (χ0) is 20.1. The van der Waals surface area contributed by atoms with Gasteiger partial charge in [0.05, 0.1) is 18.7 Å². The lowest BCUT2D eigenvalue weighted by Crippen LogP contribution is -2.28. The summed E-state index contributed by atoms with van der Waals surface area (Å²) in [5.41, 5.74) is 3.31. The van der Waals surface area contributed by atoms with Crippen LogP contribution >= 0.6 is 0 Å². The maximum absolute atomic E-state index is 13.1. The first-order valence-electron chi connectivity index (χ1n) is 8.86. The topological polar surface area (TPSA) is 62.2 Å². The fraction of sp³-hybridized carbons (Fsp3) is 0.238. The molecule has 0 atom stereocenters. The molecule has 0 spiro atoms. The van der Waals surface area contributed by atoms with Crippen LogP contribution in [0.3, 0.4) is 0 Å². The van der Waals surface area contributed by atoms with Crippen LogP contribution in [0.15, 0.2) is 55.0 Å². The van der Waals surface area contributed by atoms with E-state index in [1.807, 2.05) is 31.1 Å². The third kappa shape index (κ3) is 4.68. The molecular formula is C21H22FN5O. The minimum atomic E-state index is -0.316. The number of aromatic nitrogens is 3. The second-order valence-corrected chi connectivity index (χ2v) is 6.71. The highest BCUT2D eigenvalue weighted by atomic mass is 19.1. The van der Waals surface area contributed by atoms with Crippen molar-refractivity contribution in [3.63, 3.8) is 0 Å². The molecule has 7 heteroatoms. The Morgan fingerprint density at radius 1 is 1.04 bits per heavy atom. The van der Waals surface area contributed by atoms with E-state index in [0.717, 1.165) is 22.4 Å². The van der Waals surface area contributed by atoms with Crippen molar-refractivity contribution < 1.29 is 9.18 Å². The number of rotatable bonds is 6. The van der Waals surface area contributed by atoms with Crippen LogP contribution < -0.4 is 4.90 Å². The summed E-state index contributed by atoms with van der Waals surface area (Å²) in [6.45, 7) is 0.334. The molecule has 0 fully saturated rings. The molecule has 0 unspecified atom stereocenters. The number of carbonyl (C=O) groups excluding carboxylic acids is 1. The number of pyridine rings is 1. The first-order chi connectivity index (χ1) is 13.4. The molecule has 6 nitrogen and oxygen atoms in total. The van der Waals surface area contributed by atoms with Gasteiger partial charge in [0.2, 0.25) is 11.9 Å². The number of halogens is 1. The Kier molecular flexibility index (Phi) is 5.93. The summed E-state index contributed by atoms with van der Waals surface area (Å²) in [6.07, 6.45) is 5.39. The second kappa shape index (κ2) is 8.56. The van der Waals surface area contributed by atoms with E-state index in [4.69, 9.17) is 0 Å². The van der Waals surface area contributed by atoms with Crippen molar-refractivity contribution >= 4 is 11.9 Å². The maximum atomic E-state index is 13.1. The molecule has 0 saturated heterocycles. The summed E-state index contributed by atoms with van der Waals surface area (Å²) >= 11 is 0. The minimum absolute atomic E-state index is 0.0719. The summed E-state index contributed by atoms with van der Waals surface area (Å²) in [7, 11) is 5.48. The van der Waals surface area contributed by atoms with Crippen molar-refractivity contribution in [2.24, 2.45) is 0 Å². The van der Waals surface area contributed by atoms with Gasteiger partial charge in [-0.15, -0.1) is 0 Å². The molecule has 0 aliphatic rings. The number of hydrogen-bond acceptors (Lipinski definition) is 5. The molecule has 0 aliphatic carbocycles. The molecule has 3 aromatic rings. The van der Waals surface area contributed by atoms with Gasteiger partial charge in [-0.2, -0.15) is 0 Å². The number of anilines is 1. The van der Waals surface area contributed by atoms with Crippen LogP contribution in [-0.2, 0) is 17.8 Å². The SMILES string of the molecule is CN(Cc1nc(N(C)C)ncc1-c1ccncc1)C(=O)Cc1ccc(F)cc1. The zero-order valence-corrected chi connectivity index (χ0v) is 16.1. The van der Waals surface area contributed by atoms with Gasteiger partial charge in [0, 0.05) is 45.3 Å². The van der Waals surface area contributed by atoms with Crippen LogP contribution in [0.25, 0.3) is 11.1 Å². The molecule has 0 radical (unpaired) electrons. The highest BCUT2D eigenvalue weighted by molar-refractivity contribution is 5.78. The minimum Gasteiger partial charge on any atom is -0.347 e. The van der Waals surface area contributed by atoms with Crippen LogP contribution in [0.5, 0.6) is 0 Å². The average molecular weight is 379 g/mol. The lowest BCUT2D eigenvalue weighted by atomic mass is 10.1. The molecule has 0 saturated carbocycles. The molecule has 0 N–H and O–H groups in total. The van der Waals surface area contributed by atoms with Crippen molar-refractivity contribution in [2.75, 3.05) is 26.0 Å². The predicted molar refractivity (Wildman–Crippen MR) is 106 cm³/mol. The number of amides is 1. The summed E-state index contributed by atoms with van der Waals surface area (Å²) < 4.78 is 13.1. The summed E-state index contributed by atoms with van der Waals surface area (Å²) in [5.74, 6) is 0.188. The van der Waals surface area contributed by atoms with Gasteiger partial charge in [-0.05, 0) is 35.4 Å². The fourth-order valence-corrected chi connectivity index (χ4v) is 2.74. The molecule has 0 bridgehead atoms. The Labute approximate surface area is 163 Å². The van der Waals surface area contributed by atoms with E-state index in [1.54, 1.807) is 42.7 Å². The van der Waals surface area contributed by atoms with Crippen LogP contribution in [0, 0.1) is 5.82 Å². The molecule has 2 heterocycles. The summed E-state index contributed by atoms with van der Waals surface area (Å²) in [5, 5.41) is 0. The monoisotopic (exact) mass is 379 g/mol. The Balaban J connectivity index is 1.83. The van der Waals surface area contributed by atoms with Gasteiger partial charge < -0.3 is 9.80 Å². The van der Waals surface area contributed by atoms with Crippen LogP contribution in [-0.4, -0.2) is 46.9 Å². The predicted octanol–water partition coefficient (Wildman–Crippen LogP) is 2.94. The van der Waals surface area contributed by atoms with E-state index in [1.165, 1.54) is 12.1 Å². The number of nitrogens with zero attached hydrogens (tertiary/aromatic N) is 5. The maximum Gasteiger partial charge on any atom is 0.227 e. The van der Waals surface area contributed by atoms with Gasteiger partial charge in [-0.1, -0.05) is 12.1 Å². The standard InChI is InChI=1S/C21H22FN5O/c1-26(2)21-24-13-18(16-8-10-23-11-9-16)19(25-21)14-27(3)20(28)12-15-4-6-17(22)7-5-15/h4-11,13H,12,14H2,1-3H3. The third-order valence-electron chi connectivity index (χ3n) is 4.33. The summed E-state index contributed by atoms with van der Waals surface area (Å²) in [6, 6.07) is 9.74. The molecule has 1 aromatic carbocycles. The Morgan fingerprint density at radius 2 is 1.71 bits per heavy atom. The first-order valence-corrected chi connectivity index (χ1v) is 8.86. The van der Waals surface area contributed by atoms with E-state index >= 15 is 0 Å². The van der Waals surface area contributed by atoms with Gasteiger partial charge in [-0.3, -0.25) is 9.78 Å². The average Bonchev–Trinajstić information content (AvgIpc) is 2.70. The fourth-order valence-electron chi connectivity index (χ4n) is 2.74. The Hall–Kier alpha value is -3.35. The van der Waals surface area contributed by atoms with Crippen LogP contribution in [0.4, 0.5) is 10.3 Å². The van der Waals surface area contributed by atoms with Crippen molar-refractivity contribution in [2.45, 2.75) is 13.0 Å². The Morgan fingerprint density at radius 3 is 2.36 bits per heavy atom. The molecule has 1 amide bonds. The zero-order valence-electron chi connectivity index (χ0n) is 16.1. The lowest BCUT2D eigenvalue weighted by molar-refractivity contribution is -0.129. The first kappa shape index (κ1) is 19.4. The smallest absolute Gasteiger partial charge is 0.227 e. The number of likely N-dealkylation sites (N-methyl/N-ethyl adjacent to an activating group) is 1. The van der Waals surface area contributed by atoms with E-state index < -0.39 is 0 Å². The quantitative estimate of drug-likeness (QED) is 0.659. The van der Waals surface area contributed by atoms with Gasteiger partial charge in [0.15, 0.2) is 0 Å². The number of carbonyl (C=O) groups is 1. The molecule has 0 aliphatic heterocycles. The molecule has 144 valence electrons. The highest BCUT2D eigenvalue weighted by Crippen LogP contribution is 2.24. The molecule has 2 aromatic heterocycles. The van der Waals surface area contributed by atoms with Gasteiger partial charge in [-0.25, -0.2) is 14.4 Å². The molecule has 3 rings (SSSR count). The second-order valence-electron chi connectivity index (χ2n) is 6.71. The largest absolute Gasteiger partial charge is 0.347 e.